The minimum absolute atomic E-state index is 0.0761. The molecule has 54 heavy (non-hydrogen) atoms. The second-order valence-electron chi connectivity index (χ2n) is 13.4. The number of nitrogens with two attached hydrogens (primary N) is 2. The number of oxazole rings is 1. The molecular weight excluding hydrogens is 714 g/mol. The lowest BCUT2D eigenvalue weighted by Crippen LogP contribution is -2.51. The van der Waals surface area contributed by atoms with Crippen LogP contribution in [0, 0.1) is 30.1 Å². The number of nitrogens with one attached hydrogen (secondary N) is 2. The molecule has 0 aliphatic carbocycles. The molecule has 6 atom stereocenters. The topological polar surface area (TPSA) is 225 Å². The molecule has 2 aromatic carbocycles. The fraction of sp³-hybridized carbons (Fsp3) is 0.425. The van der Waals surface area contributed by atoms with Crippen LogP contribution in [0.1, 0.15) is 86.1 Å². The van der Waals surface area contributed by atoms with Gasteiger partial charge in [-0.15, -0.1) is 6.42 Å². The van der Waals surface area contributed by atoms with Crippen LogP contribution in [0.25, 0.3) is 11.1 Å². The number of terminal acetylenes is 1. The molecule has 0 spiro atoms. The van der Waals surface area contributed by atoms with E-state index in [9.17, 15) is 33.9 Å². The Morgan fingerprint density at radius 1 is 0.852 bits per heavy atom. The van der Waals surface area contributed by atoms with Gasteiger partial charge in [0.1, 0.15) is 6.04 Å². The fourth-order valence-electron chi connectivity index (χ4n) is 5.70. The highest BCUT2D eigenvalue weighted by atomic mass is 35.5. The number of aromatic nitrogens is 1. The van der Waals surface area contributed by atoms with Gasteiger partial charge in [0.2, 0.25) is 17.6 Å². The summed E-state index contributed by atoms with van der Waals surface area (Å²) in [5, 5.41) is 16.3. The van der Waals surface area contributed by atoms with Gasteiger partial charge in [-0.3, -0.25) is 28.8 Å². The summed E-state index contributed by atoms with van der Waals surface area (Å²) in [4.78, 5) is 83.0. The summed E-state index contributed by atoms with van der Waals surface area (Å²) in [7, 11) is 0. The van der Waals surface area contributed by atoms with Gasteiger partial charge in [0.25, 0.3) is 5.89 Å². The van der Waals surface area contributed by atoms with Crippen molar-refractivity contribution in [3.05, 3.63) is 77.0 Å². The molecule has 0 aliphatic rings. The molecule has 0 aliphatic heterocycles. The Hall–Kier alpha value is -5.00. The summed E-state index contributed by atoms with van der Waals surface area (Å²) in [6.07, 6.45) is 5.69. The third-order valence-corrected chi connectivity index (χ3v) is 9.27. The summed E-state index contributed by atoms with van der Waals surface area (Å²) in [5.74, 6) is -3.89. The lowest BCUT2D eigenvalue weighted by atomic mass is 9.92. The smallest absolute Gasteiger partial charge is 0.264 e. The number of aliphatic hydroxyl groups is 1. The van der Waals surface area contributed by atoms with E-state index in [-0.39, 0.29) is 49.7 Å². The first kappa shape index (κ1) is 43.4. The van der Waals surface area contributed by atoms with Crippen LogP contribution in [-0.2, 0) is 19.2 Å². The molecule has 3 rings (SSSR count). The number of nitrogens with zero attached hydrogens (tertiary/aromatic N) is 1. The standard InChI is InChI=1S/C40H48ClN5O8/c1-5-31-22-44-40(54-31)37(51)23(2)18-34(49)32(8-6-7-17-42)45-38(52)24(3)19-35(50)36(25(4)47)46-39(53)29(21-43)20-33(48)28-11-9-26(10-12-28)27-13-15-30(41)16-14-27/h1,9-16,22-25,29,32,36,47H,6-8,17-21,42-43H2,2-4H3,(H,45,52)(H,46,53)/t23-,24-,25-,29+,32+,36+/m1/s1. The van der Waals surface area contributed by atoms with Crippen LogP contribution < -0.4 is 22.1 Å². The summed E-state index contributed by atoms with van der Waals surface area (Å²) in [6, 6.07) is 11.7. The number of ketones is 4. The van der Waals surface area contributed by atoms with Gasteiger partial charge in [0.05, 0.1) is 24.3 Å². The second-order valence-corrected chi connectivity index (χ2v) is 13.8. The Labute approximate surface area is 320 Å². The van der Waals surface area contributed by atoms with Crippen molar-refractivity contribution in [2.45, 2.75) is 77.5 Å². The van der Waals surface area contributed by atoms with Crippen molar-refractivity contribution in [2.75, 3.05) is 13.1 Å². The Bertz CT molecular complexity index is 1820. The molecule has 13 nitrogen and oxygen atoms in total. The van der Waals surface area contributed by atoms with E-state index in [0.717, 1.165) is 11.1 Å². The average molecular weight is 762 g/mol. The third kappa shape index (κ3) is 12.6. The molecular formula is C40H48ClN5O8. The molecule has 3 aromatic rings. The van der Waals surface area contributed by atoms with Gasteiger partial charge in [-0.2, -0.15) is 0 Å². The first-order valence-corrected chi connectivity index (χ1v) is 18.2. The van der Waals surface area contributed by atoms with Crippen LogP contribution in [0.3, 0.4) is 0 Å². The van der Waals surface area contributed by atoms with Crippen molar-refractivity contribution in [3.63, 3.8) is 0 Å². The summed E-state index contributed by atoms with van der Waals surface area (Å²) < 4.78 is 5.21. The SMILES string of the molecule is C#Cc1cnc(C(=O)[C@H](C)CC(=O)[C@H](CCCCN)NC(=O)[C@H](C)CC(=O)[C@@H](NC(=O)[C@H](CN)CC(=O)c2ccc(-c3ccc(Cl)cc3)cc2)[C@@H](C)O)o1. The van der Waals surface area contributed by atoms with E-state index in [1.165, 1.54) is 27.0 Å². The largest absolute Gasteiger partial charge is 0.425 e. The molecule has 0 fully saturated rings. The zero-order chi connectivity index (χ0) is 39.9. The molecule has 14 heteroatoms. The maximum Gasteiger partial charge on any atom is 0.264 e. The van der Waals surface area contributed by atoms with E-state index in [0.29, 0.717) is 30.0 Å². The third-order valence-electron chi connectivity index (χ3n) is 9.02. The van der Waals surface area contributed by atoms with Crippen LogP contribution in [0.2, 0.25) is 5.02 Å². The van der Waals surface area contributed by atoms with E-state index >= 15 is 0 Å². The number of hydrogen-bond acceptors (Lipinski definition) is 11. The van der Waals surface area contributed by atoms with Crippen LogP contribution in [0.4, 0.5) is 0 Å². The normalized spacial score (nSPS) is 14.4. The quantitative estimate of drug-likeness (QED) is 0.0564. The number of aliphatic hydroxyl groups excluding tert-OH is 1. The number of carbonyl (C=O) groups excluding carboxylic acids is 6. The number of Topliss-reactive ketones (excluding diaryl/α,β-unsaturated/α-hetero) is 4. The highest BCUT2D eigenvalue weighted by molar-refractivity contribution is 6.30. The predicted molar refractivity (Wildman–Crippen MR) is 203 cm³/mol. The van der Waals surface area contributed by atoms with E-state index in [1.54, 1.807) is 36.4 Å². The first-order chi connectivity index (χ1) is 25.7. The van der Waals surface area contributed by atoms with Crippen LogP contribution in [-0.4, -0.2) is 76.3 Å². The van der Waals surface area contributed by atoms with Crippen molar-refractivity contribution in [2.24, 2.45) is 29.2 Å². The molecule has 0 radical (unpaired) electrons. The number of hydrogen-bond donors (Lipinski definition) is 5. The molecule has 2 amide bonds. The minimum atomic E-state index is -1.39. The maximum absolute atomic E-state index is 13.4. The Kier molecular flexibility index (Phi) is 16.9. The van der Waals surface area contributed by atoms with Crippen molar-refractivity contribution in [3.8, 4) is 23.5 Å². The van der Waals surface area contributed by atoms with Crippen LogP contribution in [0.5, 0.6) is 0 Å². The van der Waals surface area contributed by atoms with E-state index in [2.05, 4.69) is 21.5 Å². The van der Waals surface area contributed by atoms with Crippen molar-refractivity contribution in [1.29, 1.82) is 0 Å². The highest BCUT2D eigenvalue weighted by Gasteiger charge is 2.33. The van der Waals surface area contributed by atoms with Gasteiger partial charge in [-0.1, -0.05) is 61.8 Å². The fourth-order valence-corrected chi connectivity index (χ4v) is 5.83. The number of carbonyl (C=O) groups is 6. The molecule has 1 aromatic heterocycles. The van der Waals surface area contributed by atoms with Gasteiger partial charge < -0.3 is 31.6 Å². The van der Waals surface area contributed by atoms with Crippen LogP contribution >= 0.6 is 11.6 Å². The van der Waals surface area contributed by atoms with Gasteiger partial charge in [0.15, 0.2) is 23.1 Å². The number of halogens is 1. The molecule has 288 valence electrons. The molecule has 7 N–H and O–H groups in total. The monoisotopic (exact) mass is 761 g/mol. The van der Waals surface area contributed by atoms with Crippen molar-refractivity contribution < 1.29 is 38.3 Å². The van der Waals surface area contributed by atoms with Crippen molar-refractivity contribution in [1.82, 2.24) is 15.6 Å². The summed E-state index contributed by atoms with van der Waals surface area (Å²) in [6.45, 7) is 4.51. The first-order valence-electron chi connectivity index (χ1n) is 17.8. The zero-order valence-corrected chi connectivity index (χ0v) is 31.4. The van der Waals surface area contributed by atoms with Crippen molar-refractivity contribution >= 4 is 46.5 Å². The van der Waals surface area contributed by atoms with Gasteiger partial charge in [-0.05, 0) is 61.9 Å². The lowest BCUT2D eigenvalue weighted by Gasteiger charge is -2.25. The lowest BCUT2D eigenvalue weighted by molar-refractivity contribution is -0.135. The maximum atomic E-state index is 13.4. The Morgan fingerprint density at radius 2 is 1.46 bits per heavy atom. The van der Waals surface area contributed by atoms with E-state index in [1.807, 2.05) is 12.1 Å². The predicted octanol–water partition coefficient (Wildman–Crippen LogP) is 3.68. The molecule has 0 bridgehead atoms. The van der Waals surface area contributed by atoms with Gasteiger partial charge in [0, 0.05) is 48.2 Å². The summed E-state index contributed by atoms with van der Waals surface area (Å²) in [5.41, 5.74) is 13.6. The number of benzene rings is 2. The van der Waals surface area contributed by atoms with Crippen LogP contribution in [0.15, 0.2) is 59.1 Å². The summed E-state index contributed by atoms with van der Waals surface area (Å²) >= 11 is 5.97. The molecule has 1 heterocycles. The second kappa shape index (κ2) is 21.0. The zero-order valence-electron chi connectivity index (χ0n) is 30.7. The van der Waals surface area contributed by atoms with Gasteiger partial charge in [-0.25, -0.2) is 4.98 Å². The highest BCUT2D eigenvalue weighted by Crippen LogP contribution is 2.23. The number of amides is 2. The minimum Gasteiger partial charge on any atom is -0.425 e. The number of unbranched alkanes of at least 4 members (excludes halogenated alkanes) is 1. The van der Waals surface area contributed by atoms with E-state index < -0.39 is 65.1 Å². The number of rotatable bonds is 22. The Balaban J connectivity index is 1.60. The van der Waals surface area contributed by atoms with Gasteiger partial charge >= 0.3 is 0 Å². The average Bonchev–Trinajstić information content (AvgIpc) is 3.64. The molecule has 0 saturated carbocycles. The molecule has 0 saturated heterocycles. The Morgan fingerprint density at radius 3 is 2.02 bits per heavy atom. The van der Waals surface area contributed by atoms with E-state index in [4.69, 9.17) is 33.9 Å². The molecule has 0 unspecified atom stereocenters.